The summed E-state index contributed by atoms with van der Waals surface area (Å²) in [5.74, 6) is -0.562. The maximum atomic E-state index is 13.7. The Morgan fingerprint density at radius 1 is 0.792 bits per heavy atom. The Balaban J connectivity index is 0.000000604. The maximum Gasteiger partial charge on any atom is 1.00 e. The minimum atomic E-state index is -2.92. The smallest absolute Gasteiger partial charge is 0.857 e. The van der Waals surface area contributed by atoms with Crippen LogP contribution < -0.4 is 40.0 Å². The third kappa shape index (κ3) is 13.0. The first-order chi connectivity index (χ1) is 22.5. The number of sulfone groups is 1. The molecule has 1 N–H and O–H groups in total. The number of anilines is 1. The van der Waals surface area contributed by atoms with Gasteiger partial charge in [-0.2, -0.15) is 7.11 Å². The van der Waals surface area contributed by atoms with Crippen LogP contribution in [-0.2, 0) is 26.8 Å². The average Bonchev–Trinajstić information content (AvgIpc) is 3.38. The molecule has 4 aromatic rings. The fraction of sp³-hybridized carbons (Fsp3) is 0.351. The van der Waals surface area contributed by atoms with Crippen molar-refractivity contribution in [2.75, 3.05) is 25.7 Å². The number of benzene rings is 3. The van der Waals surface area contributed by atoms with Crippen molar-refractivity contribution in [1.82, 2.24) is 4.57 Å². The van der Waals surface area contributed by atoms with Crippen molar-refractivity contribution >= 4 is 28.1 Å². The Morgan fingerprint density at radius 2 is 1.29 bits per heavy atom. The van der Waals surface area contributed by atoms with Gasteiger partial charge in [0.25, 0.3) is 0 Å². The summed E-state index contributed by atoms with van der Waals surface area (Å²) in [6, 6.07) is 19.8. The largest absolute Gasteiger partial charge is 1.00 e. The predicted octanol–water partition coefficient (Wildman–Crippen LogP) is 4.44. The Kier molecular flexibility index (Phi) is 19.4. The molecule has 0 bridgehead atoms. The SMILES string of the molecule is CC(C)n1c(C=O)c(-c2ccc(F)cc2)c(-c2ccc(F)cc2)c1CCCCCCC=O.CNc1ccc(CS(C)(=O)=O)cc1.C[O-].[Na+]. The Bertz CT molecular complexity index is 1660. The molecule has 254 valence electrons. The van der Waals surface area contributed by atoms with Crippen LogP contribution in [0, 0.1) is 11.6 Å². The third-order valence-electron chi connectivity index (χ3n) is 7.40. The van der Waals surface area contributed by atoms with E-state index < -0.39 is 9.84 Å². The molecule has 48 heavy (non-hydrogen) atoms. The topological polar surface area (TPSA) is 108 Å². The molecule has 1 heterocycles. The van der Waals surface area contributed by atoms with Gasteiger partial charge in [0.2, 0.25) is 0 Å². The number of nitrogens with zero attached hydrogens (tertiary/aromatic N) is 1. The summed E-state index contributed by atoms with van der Waals surface area (Å²) in [6.07, 6.45) is 8.09. The molecule has 0 radical (unpaired) electrons. The van der Waals surface area contributed by atoms with Crippen LogP contribution in [-0.4, -0.2) is 46.0 Å². The first kappa shape index (κ1) is 42.9. The third-order valence-corrected chi connectivity index (χ3v) is 8.25. The van der Waals surface area contributed by atoms with E-state index in [0.717, 1.165) is 91.0 Å². The fourth-order valence-electron chi connectivity index (χ4n) is 5.39. The molecule has 7 nitrogen and oxygen atoms in total. The Hall–Kier alpha value is -3.15. The van der Waals surface area contributed by atoms with E-state index in [9.17, 15) is 26.8 Å². The number of nitrogens with one attached hydrogen (secondary N) is 1. The summed E-state index contributed by atoms with van der Waals surface area (Å²) < 4.78 is 51.2. The molecule has 3 aromatic carbocycles. The van der Waals surface area contributed by atoms with Crippen LogP contribution in [0.2, 0.25) is 0 Å². The number of halogens is 2. The van der Waals surface area contributed by atoms with Gasteiger partial charge in [0.1, 0.15) is 17.9 Å². The van der Waals surface area contributed by atoms with E-state index in [4.69, 9.17) is 5.11 Å². The fourth-order valence-corrected chi connectivity index (χ4v) is 6.19. The molecule has 0 aliphatic heterocycles. The molecule has 0 saturated heterocycles. The van der Waals surface area contributed by atoms with Gasteiger partial charge < -0.3 is 19.8 Å². The number of aromatic nitrogens is 1. The summed E-state index contributed by atoms with van der Waals surface area (Å²) in [5.41, 5.74) is 6.57. The van der Waals surface area contributed by atoms with Crippen LogP contribution in [0.4, 0.5) is 14.5 Å². The van der Waals surface area contributed by atoms with Gasteiger partial charge in [-0.25, -0.2) is 17.2 Å². The molecule has 0 saturated carbocycles. The van der Waals surface area contributed by atoms with Crippen LogP contribution in [0.1, 0.15) is 73.7 Å². The quantitative estimate of drug-likeness (QED) is 0.119. The predicted molar refractivity (Wildman–Crippen MR) is 184 cm³/mol. The van der Waals surface area contributed by atoms with E-state index in [2.05, 4.69) is 9.88 Å². The monoisotopic (exact) mass is 690 g/mol. The van der Waals surface area contributed by atoms with E-state index in [0.29, 0.717) is 12.1 Å². The summed E-state index contributed by atoms with van der Waals surface area (Å²) in [6.45, 7) is 4.06. The van der Waals surface area contributed by atoms with Gasteiger partial charge >= 0.3 is 29.6 Å². The van der Waals surface area contributed by atoms with Gasteiger partial charge in [-0.1, -0.05) is 49.2 Å². The minimum absolute atomic E-state index is 0. The van der Waals surface area contributed by atoms with Crippen molar-refractivity contribution < 1.29 is 61.5 Å². The van der Waals surface area contributed by atoms with Crippen LogP contribution in [0.15, 0.2) is 72.8 Å². The number of carbonyl (C=O) groups is 2. The van der Waals surface area contributed by atoms with Crippen LogP contribution in [0.5, 0.6) is 0 Å². The summed E-state index contributed by atoms with van der Waals surface area (Å²) in [7, 11) is -0.342. The zero-order valence-corrected chi connectivity index (χ0v) is 31.6. The number of carbonyl (C=O) groups excluding carboxylic acids is 2. The van der Waals surface area contributed by atoms with Crippen LogP contribution in [0.3, 0.4) is 0 Å². The van der Waals surface area contributed by atoms with Crippen molar-refractivity contribution in [1.29, 1.82) is 0 Å². The van der Waals surface area contributed by atoms with E-state index in [1.165, 1.54) is 30.5 Å². The second-order valence-corrected chi connectivity index (χ2v) is 13.5. The van der Waals surface area contributed by atoms with Crippen molar-refractivity contribution in [3.05, 3.63) is 101 Å². The van der Waals surface area contributed by atoms with Gasteiger partial charge in [0.15, 0.2) is 16.1 Å². The van der Waals surface area contributed by atoms with Crippen LogP contribution in [0.25, 0.3) is 22.3 Å². The molecular weight excluding hydrogens is 645 g/mol. The van der Waals surface area contributed by atoms with Gasteiger partial charge in [0.05, 0.1) is 11.4 Å². The van der Waals surface area contributed by atoms with Gasteiger partial charge in [0, 0.05) is 48.3 Å². The second kappa shape index (κ2) is 21.7. The summed E-state index contributed by atoms with van der Waals surface area (Å²) >= 11 is 0. The van der Waals surface area contributed by atoms with Crippen molar-refractivity contribution in [2.45, 2.75) is 64.2 Å². The van der Waals surface area contributed by atoms with Crippen molar-refractivity contribution in [2.24, 2.45) is 0 Å². The van der Waals surface area contributed by atoms with E-state index in [1.54, 1.807) is 24.3 Å². The van der Waals surface area contributed by atoms with E-state index in [-0.39, 0.29) is 53.0 Å². The van der Waals surface area contributed by atoms with E-state index in [1.807, 2.05) is 45.2 Å². The van der Waals surface area contributed by atoms with Gasteiger partial charge in [-0.15, -0.1) is 0 Å². The number of aldehydes is 2. The molecule has 0 aliphatic rings. The Morgan fingerprint density at radius 3 is 1.73 bits per heavy atom. The van der Waals surface area contributed by atoms with Crippen molar-refractivity contribution in [3.8, 4) is 22.3 Å². The standard InChI is InChI=1S/C27H29F2NO2.C9H13NO2S.CH3O.Na/c1-19(2)30-24(8-6-4-3-5-7-17-31)26(20-9-13-22(28)14-10-20)27(25(30)18-32)21-11-15-23(29)16-12-21;1-10-9-5-3-8(4-6-9)7-13(2,11)12;1-2;/h9-19H,3-8H2,1-2H3;3-6,10H,7H2,1-2H3;1H3;/q;;-1;+1. The normalized spacial score (nSPS) is 10.6. The molecule has 0 fully saturated rings. The first-order valence-corrected chi connectivity index (χ1v) is 17.6. The molecule has 0 atom stereocenters. The molecule has 4 rings (SSSR count). The number of rotatable bonds is 14. The van der Waals surface area contributed by atoms with Crippen LogP contribution >= 0.6 is 0 Å². The number of unbranched alkanes of at least 4 members (excludes halogenated alkanes) is 4. The zero-order valence-electron chi connectivity index (χ0n) is 28.8. The molecule has 1 aromatic heterocycles. The maximum absolute atomic E-state index is 13.7. The first-order valence-electron chi connectivity index (χ1n) is 15.5. The summed E-state index contributed by atoms with van der Waals surface area (Å²) in [4.78, 5) is 22.9. The van der Waals surface area contributed by atoms with Gasteiger partial charge in [-0.3, -0.25) is 4.79 Å². The molecule has 0 unspecified atom stereocenters. The Labute approximate surface area is 306 Å². The number of hydrogen-bond acceptors (Lipinski definition) is 6. The van der Waals surface area contributed by atoms with Crippen molar-refractivity contribution in [3.63, 3.8) is 0 Å². The second-order valence-electron chi connectivity index (χ2n) is 11.3. The molecule has 0 aliphatic carbocycles. The average molecular weight is 691 g/mol. The molecule has 0 spiro atoms. The van der Waals surface area contributed by atoms with E-state index >= 15 is 0 Å². The molecule has 11 heteroatoms. The molecular formula is C37H45F2N2NaO5S. The number of hydrogen-bond donors (Lipinski definition) is 1. The summed E-state index contributed by atoms with van der Waals surface area (Å²) in [5, 5.41) is 11.2. The van der Waals surface area contributed by atoms with Gasteiger partial charge in [-0.05, 0) is 86.2 Å². The minimum Gasteiger partial charge on any atom is -0.857 e. The zero-order chi connectivity index (χ0) is 35.0. The molecule has 0 amide bonds.